The SMILES string of the molecule is C/C=C1\[C@H]2C=C(C)C[C@]1(N=C/C=C/c1cccc(C(=O)NCC)c1)c1ccc(=O)[nH]c1C2. The van der Waals surface area contributed by atoms with Gasteiger partial charge in [-0.15, -0.1) is 0 Å². The molecule has 2 N–H and O–H groups in total. The van der Waals surface area contributed by atoms with E-state index in [1.54, 1.807) is 6.07 Å². The van der Waals surface area contributed by atoms with Gasteiger partial charge in [0.2, 0.25) is 5.56 Å². The highest BCUT2D eigenvalue weighted by Gasteiger charge is 2.46. The van der Waals surface area contributed by atoms with Crippen LogP contribution in [0.25, 0.3) is 6.08 Å². The Morgan fingerprint density at radius 1 is 1.31 bits per heavy atom. The number of pyridine rings is 1. The molecule has 0 spiro atoms. The quantitative estimate of drug-likeness (QED) is 0.542. The molecule has 2 aliphatic carbocycles. The van der Waals surface area contributed by atoms with Crippen LogP contribution in [-0.2, 0) is 12.0 Å². The van der Waals surface area contributed by atoms with E-state index in [9.17, 15) is 9.59 Å². The summed E-state index contributed by atoms with van der Waals surface area (Å²) in [6.45, 7) is 6.73. The van der Waals surface area contributed by atoms with Crippen LogP contribution in [-0.4, -0.2) is 23.7 Å². The van der Waals surface area contributed by atoms with Crippen LogP contribution in [0.1, 0.15) is 54.4 Å². The lowest BCUT2D eigenvalue weighted by Crippen LogP contribution is -2.40. The lowest BCUT2D eigenvalue weighted by Gasteiger charge is -2.45. The van der Waals surface area contributed by atoms with E-state index in [0.717, 1.165) is 29.7 Å². The third kappa shape index (κ3) is 4.03. The van der Waals surface area contributed by atoms with Crippen LogP contribution in [0, 0.1) is 5.92 Å². The Hall–Kier alpha value is -3.47. The van der Waals surface area contributed by atoms with Crippen LogP contribution in [0.4, 0.5) is 0 Å². The molecule has 5 nitrogen and oxygen atoms in total. The van der Waals surface area contributed by atoms with Crippen molar-refractivity contribution in [1.29, 1.82) is 0 Å². The maximum Gasteiger partial charge on any atom is 0.251 e. The number of carbonyl (C=O) groups is 1. The topological polar surface area (TPSA) is 74.3 Å². The van der Waals surface area contributed by atoms with Crippen molar-refractivity contribution >= 4 is 18.2 Å². The average molecular weight is 428 g/mol. The molecule has 32 heavy (non-hydrogen) atoms. The summed E-state index contributed by atoms with van der Waals surface area (Å²) in [5.74, 6) is 0.172. The van der Waals surface area contributed by atoms with Crippen molar-refractivity contribution in [3.05, 3.63) is 98.5 Å². The van der Waals surface area contributed by atoms with E-state index in [2.05, 4.69) is 36.3 Å². The first-order chi connectivity index (χ1) is 15.5. The lowest BCUT2D eigenvalue weighted by atomic mass is 9.63. The summed E-state index contributed by atoms with van der Waals surface area (Å²) in [4.78, 5) is 32.2. The molecule has 1 aromatic heterocycles. The van der Waals surface area contributed by atoms with Crippen LogP contribution in [0.3, 0.4) is 0 Å². The van der Waals surface area contributed by atoms with Crippen molar-refractivity contribution in [2.75, 3.05) is 6.54 Å². The first-order valence-corrected chi connectivity index (χ1v) is 11.1. The Labute approximate surface area is 188 Å². The molecule has 1 aromatic carbocycles. The van der Waals surface area contributed by atoms with Gasteiger partial charge in [-0.2, -0.15) is 0 Å². The van der Waals surface area contributed by atoms with Gasteiger partial charge in [0.25, 0.3) is 5.91 Å². The summed E-state index contributed by atoms with van der Waals surface area (Å²) in [5.41, 5.74) is 5.67. The van der Waals surface area contributed by atoms with Gasteiger partial charge in [0.15, 0.2) is 0 Å². The lowest BCUT2D eigenvalue weighted by molar-refractivity contribution is 0.0956. The van der Waals surface area contributed by atoms with Crippen molar-refractivity contribution in [3.8, 4) is 0 Å². The molecule has 0 saturated carbocycles. The van der Waals surface area contributed by atoms with Crippen LogP contribution in [0.2, 0.25) is 0 Å². The van der Waals surface area contributed by atoms with Crippen molar-refractivity contribution in [1.82, 2.24) is 10.3 Å². The number of hydrogen-bond donors (Lipinski definition) is 2. The van der Waals surface area contributed by atoms with Crippen LogP contribution < -0.4 is 10.9 Å². The van der Waals surface area contributed by atoms with Gasteiger partial charge in [0.1, 0.15) is 5.54 Å². The van der Waals surface area contributed by atoms with Gasteiger partial charge in [0, 0.05) is 48.0 Å². The number of allylic oxidation sites excluding steroid dienone is 3. The number of aliphatic imine (C=N–C) groups is 1. The number of nitrogens with one attached hydrogen (secondary N) is 2. The molecule has 2 aromatic rings. The second-order valence-electron chi connectivity index (χ2n) is 8.44. The van der Waals surface area contributed by atoms with Gasteiger partial charge >= 0.3 is 0 Å². The molecule has 0 saturated heterocycles. The van der Waals surface area contributed by atoms with E-state index in [1.165, 1.54) is 11.1 Å². The zero-order chi connectivity index (χ0) is 22.7. The zero-order valence-corrected chi connectivity index (χ0v) is 18.8. The fourth-order valence-electron chi connectivity index (χ4n) is 5.02. The fraction of sp³-hybridized carbons (Fsp3) is 0.296. The molecule has 0 fully saturated rings. The van der Waals surface area contributed by atoms with Crippen molar-refractivity contribution in [2.24, 2.45) is 10.9 Å². The summed E-state index contributed by atoms with van der Waals surface area (Å²) >= 11 is 0. The van der Waals surface area contributed by atoms with E-state index in [-0.39, 0.29) is 17.4 Å². The molecule has 5 heteroatoms. The molecule has 2 aliphatic rings. The summed E-state index contributed by atoms with van der Waals surface area (Å²) in [7, 11) is 0. The Morgan fingerprint density at radius 2 is 2.16 bits per heavy atom. The Balaban J connectivity index is 1.68. The van der Waals surface area contributed by atoms with Gasteiger partial charge in [-0.25, -0.2) is 0 Å². The second-order valence-corrected chi connectivity index (χ2v) is 8.44. The maximum absolute atomic E-state index is 12.1. The third-order valence-corrected chi connectivity index (χ3v) is 6.23. The summed E-state index contributed by atoms with van der Waals surface area (Å²) in [6.07, 6.45) is 11.8. The zero-order valence-electron chi connectivity index (χ0n) is 18.8. The molecule has 2 atom stereocenters. The first-order valence-electron chi connectivity index (χ1n) is 11.1. The number of carbonyl (C=O) groups excluding carboxylic acids is 1. The van der Waals surface area contributed by atoms with Gasteiger partial charge in [0.05, 0.1) is 0 Å². The van der Waals surface area contributed by atoms with Gasteiger partial charge in [-0.05, 0) is 62.6 Å². The number of fused-ring (bicyclic) bond motifs is 4. The molecule has 2 bridgehead atoms. The second kappa shape index (κ2) is 8.95. The average Bonchev–Trinajstić information content (AvgIpc) is 2.76. The smallest absolute Gasteiger partial charge is 0.251 e. The largest absolute Gasteiger partial charge is 0.352 e. The Morgan fingerprint density at radius 3 is 2.94 bits per heavy atom. The Kier molecular flexibility index (Phi) is 6.08. The predicted octanol–water partition coefficient (Wildman–Crippen LogP) is 4.57. The van der Waals surface area contributed by atoms with Crippen molar-refractivity contribution in [3.63, 3.8) is 0 Å². The number of nitrogens with zero attached hydrogens (tertiary/aromatic N) is 1. The van der Waals surface area contributed by atoms with E-state index < -0.39 is 5.54 Å². The van der Waals surface area contributed by atoms with Gasteiger partial charge < -0.3 is 10.3 Å². The molecular weight excluding hydrogens is 398 g/mol. The molecule has 0 aliphatic heterocycles. The molecule has 164 valence electrons. The number of aromatic nitrogens is 1. The molecule has 0 radical (unpaired) electrons. The molecule has 4 rings (SSSR count). The molecule has 1 amide bonds. The van der Waals surface area contributed by atoms with Crippen LogP contribution >= 0.6 is 0 Å². The number of H-pyrrole nitrogens is 1. The van der Waals surface area contributed by atoms with Crippen molar-refractivity contribution in [2.45, 2.75) is 39.2 Å². The third-order valence-electron chi connectivity index (χ3n) is 6.23. The van der Waals surface area contributed by atoms with Gasteiger partial charge in [-0.3, -0.25) is 14.6 Å². The number of amides is 1. The number of hydrogen-bond acceptors (Lipinski definition) is 3. The highest BCUT2D eigenvalue weighted by atomic mass is 16.1. The van der Waals surface area contributed by atoms with E-state index in [0.29, 0.717) is 12.1 Å². The van der Waals surface area contributed by atoms with Crippen LogP contribution in [0.5, 0.6) is 0 Å². The normalized spacial score (nSPS) is 23.4. The fourth-order valence-corrected chi connectivity index (χ4v) is 5.02. The highest BCUT2D eigenvalue weighted by Crippen LogP contribution is 2.51. The minimum absolute atomic E-state index is 0.0718. The number of rotatable bonds is 5. The monoisotopic (exact) mass is 427 g/mol. The standard InChI is InChI=1S/C27H29N3O2/c1-4-22-21-14-18(3)17-27(22,23-11-12-25(31)30-24(23)16-21)29-13-7-9-19-8-6-10-20(15-19)26(32)28-5-2/h4,6-15,21H,5,16-17H2,1-3H3,(H,28,32)(H,30,31)/b9-7+,22-4+,29-13?/t21-,27+/m0/s1. The summed E-state index contributed by atoms with van der Waals surface area (Å²) in [6, 6.07) is 11.1. The summed E-state index contributed by atoms with van der Waals surface area (Å²) in [5, 5.41) is 2.83. The molecule has 0 unspecified atom stereocenters. The highest BCUT2D eigenvalue weighted by molar-refractivity contribution is 5.94. The first kappa shape index (κ1) is 21.8. The predicted molar refractivity (Wildman–Crippen MR) is 130 cm³/mol. The van der Waals surface area contributed by atoms with Crippen molar-refractivity contribution < 1.29 is 4.79 Å². The number of benzene rings is 1. The van der Waals surface area contributed by atoms with E-state index in [4.69, 9.17) is 4.99 Å². The maximum atomic E-state index is 12.1. The molecule has 1 heterocycles. The number of aromatic amines is 1. The minimum Gasteiger partial charge on any atom is -0.352 e. The van der Waals surface area contributed by atoms with E-state index >= 15 is 0 Å². The molecular formula is C27H29N3O2. The van der Waals surface area contributed by atoms with Crippen LogP contribution in [0.15, 0.2) is 75.6 Å². The minimum atomic E-state index is -0.497. The summed E-state index contributed by atoms with van der Waals surface area (Å²) < 4.78 is 0. The Bertz CT molecular complexity index is 1220. The van der Waals surface area contributed by atoms with Gasteiger partial charge in [-0.1, -0.05) is 35.9 Å². The van der Waals surface area contributed by atoms with E-state index in [1.807, 2.05) is 55.6 Å².